The van der Waals surface area contributed by atoms with E-state index in [4.69, 9.17) is 4.98 Å². The van der Waals surface area contributed by atoms with Crippen LogP contribution in [0.1, 0.15) is 32.0 Å². The lowest BCUT2D eigenvalue weighted by Gasteiger charge is -2.22. The second kappa shape index (κ2) is 5.45. The summed E-state index contributed by atoms with van der Waals surface area (Å²) < 4.78 is 2.27. The maximum Gasteiger partial charge on any atom is 0.144 e. The number of aromatic nitrogens is 2. The Morgan fingerprint density at radius 3 is 2.27 bits per heavy atom. The van der Waals surface area contributed by atoms with Crippen LogP contribution in [0.5, 0.6) is 0 Å². The van der Waals surface area contributed by atoms with Crippen LogP contribution in [-0.2, 0) is 5.41 Å². The van der Waals surface area contributed by atoms with Crippen molar-refractivity contribution in [2.24, 2.45) is 0 Å². The van der Waals surface area contributed by atoms with Crippen molar-refractivity contribution in [1.29, 1.82) is 0 Å². The van der Waals surface area contributed by atoms with Crippen molar-refractivity contribution in [2.45, 2.75) is 33.1 Å². The Kier molecular flexibility index (Phi) is 3.61. The number of aryl methyl sites for hydroxylation is 1. The zero-order valence-electron chi connectivity index (χ0n) is 13.7. The number of nitrogens with zero attached hydrogens (tertiary/aromatic N) is 2. The summed E-state index contributed by atoms with van der Waals surface area (Å²) in [6.07, 6.45) is 2.00. The molecule has 3 aromatic rings. The predicted molar refractivity (Wildman–Crippen MR) is 92.4 cm³/mol. The average molecular weight is 290 g/mol. The van der Waals surface area contributed by atoms with E-state index >= 15 is 0 Å². The number of benzene rings is 2. The van der Waals surface area contributed by atoms with E-state index in [0.29, 0.717) is 0 Å². The van der Waals surface area contributed by atoms with Gasteiger partial charge in [0.25, 0.3) is 0 Å². The number of hydrogen-bond acceptors (Lipinski definition) is 1. The van der Waals surface area contributed by atoms with Crippen LogP contribution in [0, 0.1) is 6.92 Å². The minimum atomic E-state index is 0.0327. The van der Waals surface area contributed by atoms with Crippen LogP contribution < -0.4 is 0 Å². The lowest BCUT2D eigenvalue weighted by Crippen LogP contribution is -2.17. The van der Waals surface area contributed by atoms with Gasteiger partial charge in [0.1, 0.15) is 5.82 Å². The maximum absolute atomic E-state index is 4.73. The molecule has 2 heteroatoms. The second-order valence-electron chi connectivity index (χ2n) is 6.76. The third-order valence-corrected chi connectivity index (χ3v) is 3.82. The van der Waals surface area contributed by atoms with Crippen molar-refractivity contribution in [1.82, 2.24) is 9.55 Å². The Morgan fingerprint density at radius 1 is 0.909 bits per heavy atom. The highest BCUT2D eigenvalue weighted by Crippen LogP contribution is 2.31. The van der Waals surface area contributed by atoms with E-state index < -0.39 is 0 Å². The SMILES string of the molecule is Cc1cccc(-c2ncc(C(C)(C)C)n2-c2ccccc2)c1. The van der Waals surface area contributed by atoms with E-state index in [0.717, 1.165) is 17.1 Å². The molecule has 0 amide bonds. The monoisotopic (exact) mass is 290 g/mol. The zero-order chi connectivity index (χ0) is 15.7. The fourth-order valence-electron chi connectivity index (χ4n) is 2.71. The highest BCUT2D eigenvalue weighted by Gasteiger charge is 2.23. The van der Waals surface area contributed by atoms with Crippen LogP contribution in [0.25, 0.3) is 17.1 Å². The first-order chi connectivity index (χ1) is 10.5. The molecule has 0 aliphatic rings. The minimum Gasteiger partial charge on any atom is -0.296 e. The van der Waals surface area contributed by atoms with Crippen molar-refractivity contribution in [3.8, 4) is 17.1 Å². The summed E-state index contributed by atoms with van der Waals surface area (Å²) in [5, 5.41) is 0. The van der Waals surface area contributed by atoms with Crippen LogP contribution in [0.4, 0.5) is 0 Å². The molecule has 0 unspecified atom stereocenters. The molecule has 0 fully saturated rings. The van der Waals surface area contributed by atoms with Crippen molar-refractivity contribution in [2.75, 3.05) is 0 Å². The van der Waals surface area contributed by atoms with E-state index in [1.54, 1.807) is 0 Å². The fourth-order valence-corrected chi connectivity index (χ4v) is 2.71. The van der Waals surface area contributed by atoms with Gasteiger partial charge in [0.05, 0.1) is 0 Å². The second-order valence-corrected chi connectivity index (χ2v) is 6.76. The van der Waals surface area contributed by atoms with E-state index in [9.17, 15) is 0 Å². The highest BCUT2D eigenvalue weighted by molar-refractivity contribution is 5.61. The Balaban J connectivity index is 2.26. The lowest BCUT2D eigenvalue weighted by molar-refractivity contribution is 0.557. The molecule has 0 bridgehead atoms. The Morgan fingerprint density at radius 2 is 1.64 bits per heavy atom. The summed E-state index contributed by atoms with van der Waals surface area (Å²) in [7, 11) is 0. The third kappa shape index (κ3) is 2.69. The summed E-state index contributed by atoms with van der Waals surface area (Å²) in [4.78, 5) is 4.73. The van der Waals surface area contributed by atoms with Gasteiger partial charge in [-0.3, -0.25) is 4.57 Å². The molecule has 0 aliphatic carbocycles. The van der Waals surface area contributed by atoms with Crippen LogP contribution in [0.3, 0.4) is 0 Å². The average Bonchev–Trinajstić information content (AvgIpc) is 2.93. The van der Waals surface area contributed by atoms with Gasteiger partial charge in [-0.1, -0.05) is 62.7 Å². The van der Waals surface area contributed by atoms with Gasteiger partial charge in [0.15, 0.2) is 0 Å². The maximum atomic E-state index is 4.73. The Labute approximate surface area is 132 Å². The minimum absolute atomic E-state index is 0.0327. The highest BCUT2D eigenvalue weighted by atomic mass is 15.1. The smallest absolute Gasteiger partial charge is 0.144 e. The fraction of sp³-hybridized carbons (Fsp3) is 0.250. The van der Waals surface area contributed by atoms with Crippen LogP contribution in [-0.4, -0.2) is 9.55 Å². The summed E-state index contributed by atoms with van der Waals surface area (Å²) in [6.45, 7) is 8.79. The van der Waals surface area contributed by atoms with E-state index in [-0.39, 0.29) is 5.41 Å². The molecular weight excluding hydrogens is 268 g/mol. The summed E-state index contributed by atoms with van der Waals surface area (Å²) >= 11 is 0. The first kappa shape index (κ1) is 14.6. The Bertz CT molecular complexity index is 777. The number of imidazole rings is 1. The number of para-hydroxylation sites is 1. The third-order valence-electron chi connectivity index (χ3n) is 3.82. The van der Waals surface area contributed by atoms with Gasteiger partial charge in [-0.25, -0.2) is 4.98 Å². The molecule has 0 N–H and O–H groups in total. The van der Waals surface area contributed by atoms with E-state index in [1.165, 1.54) is 11.3 Å². The standard InChI is InChI=1S/C20H22N2/c1-15-9-8-10-16(13-15)19-21-14-18(20(2,3)4)22(19)17-11-6-5-7-12-17/h5-14H,1-4H3. The van der Waals surface area contributed by atoms with Gasteiger partial charge < -0.3 is 0 Å². The molecule has 0 saturated heterocycles. The van der Waals surface area contributed by atoms with Crippen molar-refractivity contribution >= 4 is 0 Å². The van der Waals surface area contributed by atoms with Crippen LogP contribution >= 0.6 is 0 Å². The molecule has 22 heavy (non-hydrogen) atoms. The summed E-state index contributed by atoms with van der Waals surface area (Å²) in [5.74, 6) is 1.000. The number of hydrogen-bond donors (Lipinski definition) is 0. The van der Waals surface area contributed by atoms with Gasteiger partial charge in [-0.05, 0) is 25.1 Å². The topological polar surface area (TPSA) is 17.8 Å². The van der Waals surface area contributed by atoms with Gasteiger partial charge in [-0.2, -0.15) is 0 Å². The van der Waals surface area contributed by atoms with Crippen LogP contribution in [0.2, 0.25) is 0 Å². The quantitative estimate of drug-likeness (QED) is 0.638. The van der Waals surface area contributed by atoms with Gasteiger partial charge in [0.2, 0.25) is 0 Å². The molecule has 2 aromatic carbocycles. The zero-order valence-corrected chi connectivity index (χ0v) is 13.7. The van der Waals surface area contributed by atoms with E-state index in [2.05, 4.69) is 80.8 Å². The van der Waals surface area contributed by atoms with Gasteiger partial charge >= 0.3 is 0 Å². The van der Waals surface area contributed by atoms with Crippen LogP contribution in [0.15, 0.2) is 60.8 Å². The summed E-state index contributed by atoms with van der Waals surface area (Å²) in [5.41, 5.74) is 4.80. The molecule has 0 radical (unpaired) electrons. The Hall–Kier alpha value is -2.35. The van der Waals surface area contributed by atoms with Crippen molar-refractivity contribution < 1.29 is 0 Å². The van der Waals surface area contributed by atoms with E-state index in [1.807, 2.05) is 12.3 Å². The molecule has 1 aromatic heterocycles. The van der Waals surface area contributed by atoms with Crippen molar-refractivity contribution in [3.05, 3.63) is 72.1 Å². The molecular formula is C20H22N2. The first-order valence-corrected chi connectivity index (χ1v) is 7.67. The molecule has 1 heterocycles. The molecule has 3 rings (SSSR count). The molecule has 0 atom stereocenters. The number of rotatable bonds is 2. The summed E-state index contributed by atoms with van der Waals surface area (Å²) in [6, 6.07) is 19.0. The molecule has 112 valence electrons. The lowest BCUT2D eigenvalue weighted by atomic mass is 9.92. The van der Waals surface area contributed by atoms with Gasteiger partial charge in [-0.15, -0.1) is 0 Å². The molecule has 0 aliphatic heterocycles. The molecule has 2 nitrogen and oxygen atoms in total. The van der Waals surface area contributed by atoms with Gasteiger partial charge in [0, 0.05) is 28.6 Å². The molecule has 0 saturated carbocycles. The largest absolute Gasteiger partial charge is 0.296 e. The predicted octanol–water partition coefficient (Wildman–Crippen LogP) is 5.15. The normalized spacial score (nSPS) is 11.6. The molecule has 0 spiro atoms. The van der Waals surface area contributed by atoms with Crippen molar-refractivity contribution in [3.63, 3.8) is 0 Å². The first-order valence-electron chi connectivity index (χ1n) is 7.67.